The molecule has 1 aromatic rings. The largest absolute Gasteiger partial charge is 0.337 e. The number of aryl methyl sites for hydroxylation is 1. The van der Waals surface area contributed by atoms with Crippen LogP contribution in [0.1, 0.15) is 42.9 Å². The van der Waals surface area contributed by atoms with E-state index in [-0.39, 0.29) is 5.91 Å². The van der Waals surface area contributed by atoms with Gasteiger partial charge in [-0.3, -0.25) is 9.89 Å². The van der Waals surface area contributed by atoms with Crippen LogP contribution in [0, 0.1) is 5.92 Å². The molecule has 1 aliphatic heterocycles. The molecule has 16 heavy (non-hydrogen) atoms. The van der Waals surface area contributed by atoms with E-state index in [9.17, 15) is 4.79 Å². The summed E-state index contributed by atoms with van der Waals surface area (Å²) in [7, 11) is 0. The number of amides is 1. The molecule has 0 saturated carbocycles. The third kappa shape index (κ3) is 2.26. The molecule has 1 N–H and O–H groups in total. The summed E-state index contributed by atoms with van der Waals surface area (Å²) in [6.45, 7) is 6.03. The summed E-state index contributed by atoms with van der Waals surface area (Å²) < 4.78 is 0. The molecular formula is C12H19N3O. The number of hydrogen-bond acceptors (Lipinski definition) is 2. The number of hydrogen-bond donors (Lipinski definition) is 1. The van der Waals surface area contributed by atoms with E-state index >= 15 is 0 Å². The van der Waals surface area contributed by atoms with Crippen molar-refractivity contribution in [1.82, 2.24) is 15.1 Å². The summed E-state index contributed by atoms with van der Waals surface area (Å²) in [4.78, 5) is 14.0. The fraction of sp³-hybridized carbons (Fsp3) is 0.667. The number of aromatic nitrogens is 2. The number of carbonyl (C=O) groups is 1. The van der Waals surface area contributed by atoms with Gasteiger partial charge in [-0.25, -0.2) is 0 Å². The van der Waals surface area contributed by atoms with Gasteiger partial charge < -0.3 is 4.90 Å². The maximum Gasteiger partial charge on any atom is 0.274 e. The summed E-state index contributed by atoms with van der Waals surface area (Å²) in [6.07, 6.45) is 3.10. The van der Waals surface area contributed by atoms with Gasteiger partial charge in [0.05, 0.1) is 0 Å². The lowest BCUT2D eigenvalue weighted by Gasteiger charge is -2.29. The van der Waals surface area contributed by atoms with Crippen molar-refractivity contribution in [3.63, 3.8) is 0 Å². The second-order valence-electron chi connectivity index (χ2n) is 4.61. The molecule has 2 heterocycles. The van der Waals surface area contributed by atoms with E-state index in [1.165, 1.54) is 0 Å². The summed E-state index contributed by atoms with van der Waals surface area (Å²) >= 11 is 0. The van der Waals surface area contributed by atoms with Gasteiger partial charge in [-0.15, -0.1) is 0 Å². The Morgan fingerprint density at radius 2 is 2.25 bits per heavy atom. The molecule has 1 fully saturated rings. The van der Waals surface area contributed by atoms with E-state index in [1.54, 1.807) is 0 Å². The lowest BCUT2D eigenvalue weighted by Crippen LogP contribution is -2.38. The van der Waals surface area contributed by atoms with Crippen molar-refractivity contribution in [2.24, 2.45) is 5.92 Å². The third-order valence-corrected chi connectivity index (χ3v) is 3.30. The molecule has 4 heteroatoms. The van der Waals surface area contributed by atoms with Crippen molar-refractivity contribution < 1.29 is 4.79 Å². The summed E-state index contributed by atoms with van der Waals surface area (Å²) in [6, 6.07) is 1.86. The summed E-state index contributed by atoms with van der Waals surface area (Å²) in [5.74, 6) is 0.817. The molecule has 0 bridgehead atoms. The highest BCUT2D eigenvalue weighted by Crippen LogP contribution is 2.17. The zero-order valence-corrected chi connectivity index (χ0v) is 9.99. The number of likely N-dealkylation sites (tertiary alicyclic amines) is 1. The Labute approximate surface area is 96.0 Å². The van der Waals surface area contributed by atoms with Gasteiger partial charge in [0, 0.05) is 18.8 Å². The average molecular weight is 221 g/mol. The van der Waals surface area contributed by atoms with Gasteiger partial charge >= 0.3 is 0 Å². The Hall–Kier alpha value is -1.32. The molecule has 0 atom stereocenters. The van der Waals surface area contributed by atoms with Crippen LogP contribution in [-0.2, 0) is 6.42 Å². The van der Waals surface area contributed by atoms with Gasteiger partial charge in [-0.1, -0.05) is 13.8 Å². The van der Waals surface area contributed by atoms with Crippen LogP contribution < -0.4 is 0 Å². The van der Waals surface area contributed by atoms with Crippen molar-refractivity contribution in [2.45, 2.75) is 33.1 Å². The van der Waals surface area contributed by atoms with Crippen LogP contribution in [0.2, 0.25) is 0 Å². The second kappa shape index (κ2) is 4.68. The van der Waals surface area contributed by atoms with Crippen LogP contribution >= 0.6 is 0 Å². The number of rotatable bonds is 2. The van der Waals surface area contributed by atoms with Crippen molar-refractivity contribution in [1.29, 1.82) is 0 Å². The molecule has 1 aromatic heterocycles. The number of nitrogens with zero attached hydrogens (tertiary/aromatic N) is 2. The van der Waals surface area contributed by atoms with Gasteiger partial charge in [0.15, 0.2) is 0 Å². The lowest BCUT2D eigenvalue weighted by molar-refractivity contribution is 0.0691. The number of nitrogens with one attached hydrogen (secondary N) is 1. The van der Waals surface area contributed by atoms with Crippen LogP contribution in [0.5, 0.6) is 0 Å². The standard InChI is InChI=1S/C12H19N3O/c1-3-10-8-11(14-13-10)12(16)15-6-4-9(2)5-7-15/h8-9H,3-7H2,1-2H3,(H,13,14). The molecule has 4 nitrogen and oxygen atoms in total. The van der Waals surface area contributed by atoms with Crippen LogP contribution in [0.3, 0.4) is 0 Å². The molecule has 88 valence electrons. The predicted octanol–water partition coefficient (Wildman–Crippen LogP) is 1.84. The van der Waals surface area contributed by atoms with E-state index in [4.69, 9.17) is 0 Å². The van der Waals surface area contributed by atoms with Crippen molar-refractivity contribution >= 4 is 5.91 Å². The first-order valence-electron chi connectivity index (χ1n) is 6.04. The van der Waals surface area contributed by atoms with Gasteiger partial charge in [-0.05, 0) is 31.2 Å². The topological polar surface area (TPSA) is 49.0 Å². The van der Waals surface area contributed by atoms with Crippen molar-refractivity contribution in [2.75, 3.05) is 13.1 Å². The lowest BCUT2D eigenvalue weighted by atomic mass is 9.99. The maximum absolute atomic E-state index is 12.1. The number of H-pyrrole nitrogens is 1. The van der Waals surface area contributed by atoms with E-state index in [0.717, 1.165) is 44.0 Å². The number of carbonyl (C=O) groups excluding carboxylic acids is 1. The zero-order valence-electron chi connectivity index (χ0n) is 9.99. The highest BCUT2D eigenvalue weighted by molar-refractivity contribution is 5.92. The molecule has 0 aliphatic carbocycles. The first kappa shape index (κ1) is 11.2. The van der Waals surface area contributed by atoms with Crippen LogP contribution in [-0.4, -0.2) is 34.1 Å². The molecular weight excluding hydrogens is 202 g/mol. The van der Waals surface area contributed by atoms with Gasteiger partial charge in [0.25, 0.3) is 5.91 Å². The minimum atomic E-state index is 0.0721. The van der Waals surface area contributed by atoms with E-state index < -0.39 is 0 Å². The Morgan fingerprint density at radius 1 is 1.56 bits per heavy atom. The monoisotopic (exact) mass is 221 g/mol. The van der Waals surface area contributed by atoms with Crippen molar-refractivity contribution in [3.8, 4) is 0 Å². The number of piperidine rings is 1. The van der Waals surface area contributed by atoms with Gasteiger partial charge in [0.2, 0.25) is 0 Å². The summed E-state index contributed by atoms with van der Waals surface area (Å²) in [5, 5.41) is 6.95. The third-order valence-electron chi connectivity index (χ3n) is 3.30. The Kier molecular flexibility index (Phi) is 3.27. The average Bonchev–Trinajstić information content (AvgIpc) is 2.77. The van der Waals surface area contributed by atoms with Gasteiger partial charge in [0.1, 0.15) is 5.69 Å². The molecule has 2 rings (SSSR count). The first-order chi connectivity index (χ1) is 7.70. The predicted molar refractivity (Wildman–Crippen MR) is 62.3 cm³/mol. The fourth-order valence-corrected chi connectivity index (χ4v) is 2.03. The molecule has 1 amide bonds. The molecule has 0 spiro atoms. The SMILES string of the molecule is CCc1cc(C(=O)N2CCC(C)CC2)n[nH]1. The quantitative estimate of drug-likeness (QED) is 0.828. The van der Waals surface area contributed by atoms with Crippen LogP contribution in [0.15, 0.2) is 6.07 Å². The smallest absolute Gasteiger partial charge is 0.274 e. The Balaban J connectivity index is 2.01. The summed E-state index contributed by atoms with van der Waals surface area (Å²) in [5.41, 5.74) is 1.58. The maximum atomic E-state index is 12.1. The van der Waals surface area contributed by atoms with Gasteiger partial charge in [-0.2, -0.15) is 5.10 Å². The highest BCUT2D eigenvalue weighted by atomic mass is 16.2. The highest BCUT2D eigenvalue weighted by Gasteiger charge is 2.22. The normalized spacial score (nSPS) is 17.8. The second-order valence-corrected chi connectivity index (χ2v) is 4.61. The van der Waals surface area contributed by atoms with E-state index in [2.05, 4.69) is 17.1 Å². The molecule has 1 aliphatic rings. The van der Waals surface area contributed by atoms with E-state index in [1.807, 2.05) is 17.9 Å². The molecule has 0 radical (unpaired) electrons. The van der Waals surface area contributed by atoms with Crippen LogP contribution in [0.4, 0.5) is 0 Å². The molecule has 0 unspecified atom stereocenters. The van der Waals surface area contributed by atoms with Crippen molar-refractivity contribution in [3.05, 3.63) is 17.5 Å². The number of aromatic amines is 1. The zero-order chi connectivity index (χ0) is 11.5. The van der Waals surface area contributed by atoms with Crippen LogP contribution in [0.25, 0.3) is 0 Å². The minimum Gasteiger partial charge on any atom is -0.337 e. The van der Waals surface area contributed by atoms with E-state index in [0.29, 0.717) is 5.69 Å². The molecule has 0 aromatic carbocycles. The molecule has 1 saturated heterocycles. The minimum absolute atomic E-state index is 0.0721. The first-order valence-corrected chi connectivity index (χ1v) is 6.04. The Morgan fingerprint density at radius 3 is 2.81 bits per heavy atom. The Bertz CT molecular complexity index is 364. The fourth-order valence-electron chi connectivity index (χ4n) is 2.03.